The normalized spacial score (nSPS) is 11.9. The highest BCUT2D eigenvalue weighted by Crippen LogP contribution is 2.09. The van der Waals surface area contributed by atoms with Crippen LogP contribution in [-0.4, -0.2) is 32.1 Å². The van der Waals surface area contributed by atoms with Gasteiger partial charge in [-0.1, -0.05) is 25.1 Å². The lowest BCUT2D eigenvalue weighted by molar-refractivity contribution is -0.121. The minimum Gasteiger partial charge on any atom is -0.373 e. The Bertz CT molecular complexity index is 353. The summed E-state index contributed by atoms with van der Waals surface area (Å²) in [5.74, 6) is 0.0332. The first-order valence-corrected chi connectivity index (χ1v) is 6.42. The molecule has 0 saturated carbocycles. The maximum absolute atomic E-state index is 11.5. The second kappa shape index (κ2) is 7.71. The molecular weight excluding hydrogens is 226 g/mol. The summed E-state index contributed by atoms with van der Waals surface area (Å²) in [6, 6.07) is 10.1. The molecule has 0 saturated heterocycles. The van der Waals surface area contributed by atoms with Gasteiger partial charge in [0, 0.05) is 38.3 Å². The van der Waals surface area contributed by atoms with Crippen LogP contribution < -0.4 is 16.0 Å². The van der Waals surface area contributed by atoms with Crippen molar-refractivity contribution in [2.45, 2.75) is 25.8 Å². The second-order valence-electron chi connectivity index (χ2n) is 4.48. The highest BCUT2D eigenvalue weighted by atomic mass is 16.1. The number of hydrogen-bond acceptors (Lipinski definition) is 3. The van der Waals surface area contributed by atoms with Crippen molar-refractivity contribution in [3.05, 3.63) is 30.3 Å². The molecule has 0 aromatic heterocycles. The summed E-state index contributed by atoms with van der Waals surface area (Å²) in [6.07, 6.45) is 1.24. The maximum Gasteiger partial charge on any atom is 0.221 e. The van der Waals surface area contributed by atoms with Crippen molar-refractivity contribution >= 4 is 11.6 Å². The monoisotopic (exact) mass is 249 g/mol. The van der Waals surface area contributed by atoms with Crippen molar-refractivity contribution in [2.24, 2.45) is 5.73 Å². The Balaban J connectivity index is 2.23. The van der Waals surface area contributed by atoms with Gasteiger partial charge < -0.3 is 16.0 Å². The topological polar surface area (TPSA) is 58.4 Å². The number of carbonyl (C=O) groups excluding carboxylic acids is 1. The van der Waals surface area contributed by atoms with E-state index in [1.165, 1.54) is 0 Å². The maximum atomic E-state index is 11.5. The van der Waals surface area contributed by atoms with Crippen LogP contribution in [0.2, 0.25) is 0 Å². The predicted molar refractivity (Wildman–Crippen MR) is 75.6 cm³/mol. The van der Waals surface area contributed by atoms with Crippen LogP contribution in [0.1, 0.15) is 19.8 Å². The van der Waals surface area contributed by atoms with Crippen LogP contribution in [0.25, 0.3) is 0 Å². The van der Waals surface area contributed by atoms with E-state index in [0.717, 1.165) is 18.7 Å². The van der Waals surface area contributed by atoms with Crippen molar-refractivity contribution in [3.8, 4) is 0 Å². The second-order valence-corrected chi connectivity index (χ2v) is 4.48. The van der Waals surface area contributed by atoms with Gasteiger partial charge in [0.1, 0.15) is 0 Å². The fourth-order valence-electron chi connectivity index (χ4n) is 1.63. The number of benzene rings is 1. The van der Waals surface area contributed by atoms with E-state index in [-0.39, 0.29) is 11.9 Å². The van der Waals surface area contributed by atoms with Gasteiger partial charge in [-0.05, 0) is 18.6 Å². The fraction of sp³-hybridized carbons (Fsp3) is 0.500. The molecule has 18 heavy (non-hydrogen) atoms. The van der Waals surface area contributed by atoms with Crippen LogP contribution in [0.3, 0.4) is 0 Å². The van der Waals surface area contributed by atoms with E-state index in [1.807, 2.05) is 32.2 Å². The van der Waals surface area contributed by atoms with E-state index < -0.39 is 0 Å². The number of amides is 1. The van der Waals surface area contributed by atoms with Crippen molar-refractivity contribution in [3.63, 3.8) is 0 Å². The molecule has 0 bridgehead atoms. The summed E-state index contributed by atoms with van der Waals surface area (Å²) in [5, 5.41) is 2.89. The van der Waals surface area contributed by atoms with Gasteiger partial charge in [0.25, 0.3) is 0 Å². The predicted octanol–water partition coefficient (Wildman–Crippen LogP) is 1.37. The third kappa shape index (κ3) is 5.19. The third-order valence-electron chi connectivity index (χ3n) is 2.94. The molecule has 1 rings (SSSR count). The molecule has 0 aliphatic rings. The Morgan fingerprint density at radius 3 is 2.67 bits per heavy atom. The standard InChI is InChI=1S/C14H23N3O/c1-3-12(15)11-14(18)16-9-10-17(2)13-7-5-4-6-8-13/h4-8,12H,3,9-11,15H2,1-2H3,(H,16,18). The molecule has 4 nitrogen and oxygen atoms in total. The van der Waals surface area contributed by atoms with Gasteiger partial charge in [-0.25, -0.2) is 0 Å². The Labute approximate surface area is 109 Å². The Kier molecular flexibility index (Phi) is 6.22. The summed E-state index contributed by atoms with van der Waals surface area (Å²) in [6.45, 7) is 3.42. The zero-order valence-corrected chi connectivity index (χ0v) is 11.2. The van der Waals surface area contributed by atoms with Crippen molar-refractivity contribution < 1.29 is 4.79 Å². The number of nitrogens with zero attached hydrogens (tertiary/aromatic N) is 1. The van der Waals surface area contributed by atoms with Gasteiger partial charge in [0.2, 0.25) is 5.91 Å². The zero-order valence-electron chi connectivity index (χ0n) is 11.2. The van der Waals surface area contributed by atoms with Crippen LogP contribution >= 0.6 is 0 Å². The number of anilines is 1. The first-order chi connectivity index (χ1) is 8.63. The van der Waals surface area contributed by atoms with Crippen LogP contribution in [0.4, 0.5) is 5.69 Å². The smallest absolute Gasteiger partial charge is 0.221 e. The first-order valence-electron chi connectivity index (χ1n) is 6.42. The lowest BCUT2D eigenvalue weighted by atomic mass is 10.1. The Hall–Kier alpha value is -1.55. The van der Waals surface area contributed by atoms with Gasteiger partial charge in [-0.3, -0.25) is 4.79 Å². The van der Waals surface area contributed by atoms with Gasteiger partial charge in [0.15, 0.2) is 0 Å². The van der Waals surface area contributed by atoms with Gasteiger partial charge in [0.05, 0.1) is 0 Å². The minimum absolute atomic E-state index is 0.0307. The Morgan fingerprint density at radius 2 is 2.06 bits per heavy atom. The van der Waals surface area contributed by atoms with Crippen LogP contribution in [0.15, 0.2) is 30.3 Å². The minimum atomic E-state index is -0.0307. The molecule has 0 aliphatic carbocycles. The van der Waals surface area contributed by atoms with Crippen LogP contribution in [0, 0.1) is 0 Å². The van der Waals surface area contributed by atoms with E-state index in [9.17, 15) is 4.79 Å². The van der Waals surface area contributed by atoms with Crippen molar-refractivity contribution in [2.75, 3.05) is 25.0 Å². The van der Waals surface area contributed by atoms with Crippen molar-refractivity contribution in [1.82, 2.24) is 5.32 Å². The van der Waals surface area contributed by atoms with Gasteiger partial charge >= 0.3 is 0 Å². The summed E-state index contributed by atoms with van der Waals surface area (Å²) in [4.78, 5) is 13.6. The highest BCUT2D eigenvalue weighted by molar-refractivity contribution is 5.76. The average molecular weight is 249 g/mol. The summed E-state index contributed by atoms with van der Waals surface area (Å²) < 4.78 is 0. The summed E-state index contributed by atoms with van der Waals surface area (Å²) in [5.41, 5.74) is 6.88. The quantitative estimate of drug-likeness (QED) is 0.767. The van der Waals surface area contributed by atoms with E-state index >= 15 is 0 Å². The number of carbonyl (C=O) groups is 1. The van der Waals surface area contributed by atoms with Crippen LogP contribution in [0.5, 0.6) is 0 Å². The number of para-hydroxylation sites is 1. The lowest BCUT2D eigenvalue weighted by Crippen LogP contribution is -2.36. The lowest BCUT2D eigenvalue weighted by Gasteiger charge is -2.19. The zero-order chi connectivity index (χ0) is 13.4. The molecule has 0 fully saturated rings. The number of rotatable bonds is 7. The fourth-order valence-corrected chi connectivity index (χ4v) is 1.63. The summed E-state index contributed by atoms with van der Waals surface area (Å²) >= 11 is 0. The molecular formula is C14H23N3O. The molecule has 1 atom stereocenters. The molecule has 1 amide bonds. The molecule has 3 N–H and O–H groups in total. The molecule has 1 aromatic carbocycles. The number of likely N-dealkylation sites (N-methyl/N-ethyl adjacent to an activating group) is 1. The van der Waals surface area contributed by atoms with E-state index in [0.29, 0.717) is 13.0 Å². The summed E-state index contributed by atoms with van der Waals surface area (Å²) in [7, 11) is 2.01. The van der Waals surface area contributed by atoms with Gasteiger partial charge in [-0.2, -0.15) is 0 Å². The van der Waals surface area contributed by atoms with E-state index in [1.54, 1.807) is 0 Å². The molecule has 100 valence electrons. The Morgan fingerprint density at radius 1 is 1.39 bits per heavy atom. The number of hydrogen-bond donors (Lipinski definition) is 2. The van der Waals surface area contributed by atoms with Crippen LogP contribution in [-0.2, 0) is 4.79 Å². The van der Waals surface area contributed by atoms with E-state index in [2.05, 4.69) is 22.3 Å². The molecule has 0 heterocycles. The number of nitrogens with two attached hydrogens (primary N) is 1. The SMILES string of the molecule is CCC(N)CC(=O)NCCN(C)c1ccccc1. The largest absolute Gasteiger partial charge is 0.373 e. The number of nitrogens with one attached hydrogen (secondary N) is 1. The molecule has 0 spiro atoms. The molecule has 4 heteroatoms. The molecule has 0 radical (unpaired) electrons. The molecule has 1 aromatic rings. The molecule has 1 unspecified atom stereocenters. The average Bonchev–Trinajstić information content (AvgIpc) is 2.39. The van der Waals surface area contributed by atoms with Crippen molar-refractivity contribution in [1.29, 1.82) is 0 Å². The first kappa shape index (κ1) is 14.5. The molecule has 0 aliphatic heterocycles. The van der Waals surface area contributed by atoms with Gasteiger partial charge in [-0.15, -0.1) is 0 Å². The van der Waals surface area contributed by atoms with E-state index in [4.69, 9.17) is 5.73 Å². The highest BCUT2D eigenvalue weighted by Gasteiger charge is 2.07. The third-order valence-corrected chi connectivity index (χ3v) is 2.94.